The number of carboxylic acid groups (broad SMARTS) is 1. The quantitative estimate of drug-likeness (QED) is 0.482. The van der Waals surface area contributed by atoms with Crippen molar-refractivity contribution >= 4 is 33.6 Å². The minimum atomic E-state index is -4.73. The predicted molar refractivity (Wildman–Crippen MR) is 112 cm³/mol. The van der Waals surface area contributed by atoms with Crippen LogP contribution in [0.4, 0.5) is 18.2 Å². The zero-order valence-corrected chi connectivity index (χ0v) is 18.7. The van der Waals surface area contributed by atoms with Crippen LogP contribution in [0.3, 0.4) is 0 Å². The molecule has 3 unspecified atom stereocenters. The van der Waals surface area contributed by atoms with Gasteiger partial charge < -0.3 is 18.9 Å². The van der Waals surface area contributed by atoms with E-state index in [9.17, 15) is 31.8 Å². The second kappa shape index (κ2) is 7.85. The molecule has 0 radical (unpaired) electrons. The number of thiophene rings is 1. The molecule has 0 aliphatic heterocycles. The number of aromatic nitrogens is 1. The van der Waals surface area contributed by atoms with Crippen LogP contribution in [0.2, 0.25) is 0 Å². The van der Waals surface area contributed by atoms with E-state index < -0.39 is 40.1 Å². The summed E-state index contributed by atoms with van der Waals surface area (Å²) in [6.45, 7) is 1.63. The number of nitrogens with zero attached hydrogens (tertiary/aromatic N) is 2. The van der Waals surface area contributed by atoms with Crippen molar-refractivity contribution in [1.82, 2.24) is 5.16 Å². The third kappa shape index (κ3) is 3.60. The van der Waals surface area contributed by atoms with Crippen LogP contribution < -0.4 is 9.04 Å². The van der Waals surface area contributed by atoms with E-state index >= 15 is 0 Å². The van der Waals surface area contributed by atoms with Crippen molar-refractivity contribution in [2.24, 2.45) is 0 Å². The fourth-order valence-corrected chi connectivity index (χ4v) is 6.11. The molecule has 2 aromatic heterocycles. The number of anilines is 1. The van der Waals surface area contributed by atoms with Gasteiger partial charge in [-0.25, -0.2) is 4.79 Å². The summed E-state index contributed by atoms with van der Waals surface area (Å²) in [5.41, 5.74) is -2.62. The van der Waals surface area contributed by atoms with E-state index in [1.54, 1.807) is 31.2 Å². The number of halogens is 3. The van der Waals surface area contributed by atoms with E-state index in [0.717, 1.165) is 15.6 Å². The Morgan fingerprint density at radius 3 is 2.61 bits per heavy atom. The third-order valence-corrected chi connectivity index (χ3v) is 7.80. The fraction of sp³-hybridized carbons (Fsp3) is 0.300. The smallest absolute Gasteiger partial charge is 0.452 e. The molecule has 13 heteroatoms. The third-order valence-electron chi connectivity index (χ3n) is 5.78. The molecule has 0 bridgehead atoms. The molecule has 1 fully saturated rings. The van der Waals surface area contributed by atoms with Gasteiger partial charge in [0, 0.05) is 28.3 Å². The maximum absolute atomic E-state index is 12.8. The van der Waals surface area contributed by atoms with Crippen LogP contribution in [0.25, 0.3) is 10.6 Å². The highest BCUT2D eigenvalue weighted by atomic mass is 32.2. The maximum atomic E-state index is 12.8. The molecule has 1 saturated carbocycles. The van der Waals surface area contributed by atoms with Gasteiger partial charge in [-0.3, -0.25) is 8.51 Å². The molecule has 1 aliphatic carbocycles. The summed E-state index contributed by atoms with van der Waals surface area (Å²) in [7, 11) is 1.43. The lowest BCUT2D eigenvalue weighted by Gasteiger charge is -2.34. The SMILES string of the molecule is COc1ccccc1C1(C)CC1(C(=O)O)N(c1ccc(-c2cc(C(F)(F)F)on2)s1)S(=O)[O-]. The molecule has 0 amide bonds. The molecule has 3 atom stereocenters. The second-order valence-corrected chi connectivity index (χ2v) is 9.46. The van der Waals surface area contributed by atoms with Crippen molar-refractivity contribution < 1.29 is 41.1 Å². The summed E-state index contributed by atoms with van der Waals surface area (Å²) in [4.78, 5) is 12.7. The Bertz CT molecular complexity index is 1240. The zero-order chi connectivity index (χ0) is 24.2. The summed E-state index contributed by atoms with van der Waals surface area (Å²) >= 11 is -2.23. The lowest BCUT2D eigenvalue weighted by Crippen LogP contribution is -2.49. The Balaban J connectivity index is 1.77. The van der Waals surface area contributed by atoms with Crippen molar-refractivity contribution in [3.63, 3.8) is 0 Å². The number of methoxy groups -OCH3 is 1. The normalized spacial score (nSPS) is 23.2. The maximum Gasteiger partial charge on any atom is 0.452 e. The molecule has 33 heavy (non-hydrogen) atoms. The molecular weight excluding hydrogens is 485 g/mol. The Kier molecular flexibility index (Phi) is 5.53. The highest BCUT2D eigenvalue weighted by molar-refractivity contribution is 7.81. The first kappa shape index (κ1) is 23.3. The van der Waals surface area contributed by atoms with Gasteiger partial charge in [-0.05, 0) is 24.6 Å². The summed E-state index contributed by atoms with van der Waals surface area (Å²) in [5, 5.41) is 13.6. The molecule has 1 aliphatic rings. The lowest BCUT2D eigenvalue weighted by molar-refractivity contribution is -0.155. The fourth-order valence-electron chi connectivity index (χ4n) is 4.07. The van der Waals surface area contributed by atoms with Crippen molar-refractivity contribution in [2.75, 3.05) is 11.4 Å². The van der Waals surface area contributed by atoms with Crippen LogP contribution in [0, 0.1) is 0 Å². The van der Waals surface area contributed by atoms with E-state index in [2.05, 4.69) is 9.68 Å². The number of hydrogen-bond donors (Lipinski definition) is 1. The zero-order valence-electron chi connectivity index (χ0n) is 17.1. The van der Waals surface area contributed by atoms with E-state index in [-0.39, 0.29) is 22.0 Å². The summed E-state index contributed by atoms with van der Waals surface area (Å²) in [5.74, 6) is -2.26. The van der Waals surface area contributed by atoms with Crippen molar-refractivity contribution in [3.8, 4) is 16.3 Å². The van der Waals surface area contributed by atoms with Crippen LogP contribution in [0.5, 0.6) is 5.75 Å². The van der Waals surface area contributed by atoms with Gasteiger partial charge in [0.2, 0.25) is 5.76 Å². The topological polar surface area (TPSA) is 116 Å². The molecular formula is C20H16F3N2O6S2-. The first-order valence-corrected chi connectivity index (χ1v) is 11.2. The van der Waals surface area contributed by atoms with Crippen molar-refractivity contribution in [3.05, 3.63) is 53.8 Å². The van der Waals surface area contributed by atoms with Crippen molar-refractivity contribution in [2.45, 2.75) is 30.5 Å². The molecule has 4 rings (SSSR count). The first-order valence-electron chi connectivity index (χ1n) is 9.36. The minimum absolute atomic E-state index is 0.0101. The largest absolute Gasteiger partial charge is 0.755 e. The van der Waals surface area contributed by atoms with Crippen LogP contribution >= 0.6 is 11.3 Å². The average Bonchev–Trinajstić information content (AvgIpc) is 3.14. The van der Waals surface area contributed by atoms with Crippen LogP contribution in [0.1, 0.15) is 24.7 Å². The highest BCUT2D eigenvalue weighted by Gasteiger charge is 2.75. The Hall–Kier alpha value is -2.90. The predicted octanol–water partition coefficient (Wildman–Crippen LogP) is 4.22. The van der Waals surface area contributed by atoms with E-state index in [0.29, 0.717) is 17.4 Å². The molecule has 1 aromatic carbocycles. The standard InChI is InChI=1S/C20H17F3N2O6S2/c1-18(11-5-3-4-6-13(11)30-2)10-19(18,17(26)27)25(33(28)29)16-8-7-14(32-16)12-9-15(31-24-12)20(21,22)23/h3-9H,10H2,1-2H3,(H,26,27)(H,28,29)/p-1. The van der Waals surface area contributed by atoms with Gasteiger partial charge in [0.05, 0.1) is 12.0 Å². The number of ether oxygens (including phenoxy) is 1. The molecule has 2 heterocycles. The number of rotatable bonds is 7. The number of benzene rings is 1. The molecule has 176 valence electrons. The molecule has 3 aromatic rings. The van der Waals surface area contributed by atoms with Gasteiger partial charge >= 0.3 is 12.1 Å². The van der Waals surface area contributed by atoms with Gasteiger partial charge in [0.25, 0.3) is 0 Å². The molecule has 8 nitrogen and oxygen atoms in total. The van der Waals surface area contributed by atoms with Gasteiger partial charge in [-0.2, -0.15) is 13.2 Å². The van der Waals surface area contributed by atoms with E-state index in [1.165, 1.54) is 19.2 Å². The average molecular weight is 501 g/mol. The monoisotopic (exact) mass is 501 g/mol. The van der Waals surface area contributed by atoms with Gasteiger partial charge in [0.1, 0.15) is 16.4 Å². The van der Waals surface area contributed by atoms with Crippen LogP contribution in [0.15, 0.2) is 47.0 Å². The highest BCUT2D eigenvalue weighted by Crippen LogP contribution is 2.64. The Labute approximate surface area is 192 Å². The van der Waals surface area contributed by atoms with Gasteiger partial charge in [-0.15, -0.1) is 11.3 Å². The number of carbonyl (C=O) groups is 1. The van der Waals surface area contributed by atoms with Crippen LogP contribution in [-0.4, -0.2) is 37.6 Å². The summed E-state index contributed by atoms with van der Waals surface area (Å²) < 4.78 is 73.5. The van der Waals surface area contributed by atoms with E-state index in [4.69, 9.17) is 4.74 Å². The second-order valence-electron chi connectivity index (χ2n) is 7.60. The van der Waals surface area contributed by atoms with E-state index in [1.807, 2.05) is 0 Å². The number of aliphatic carboxylic acids is 1. The molecule has 0 spiro atoms. The number of carboxylic acids is 1. The Morgan fingerprint density at radius 1 is 1.33 bits per heavy atom. The number of hydrogen-bond acceptors (Lipinski definition) is 7. The lowest BCUT2D eigenvalue weighted by atomic mass is 9.91. The summed E-state index contributed by atoms with van der Waals surface area (Å²) in [6, 6.07) is 10.1. The van der Waals surface area contributed by atoms with Crippen molar-refractivity contribution in [1.29, 1.82) is 0 Å². The summed E-state index contributed by atoms with van der Waals surface area (Å²) in [6.07, 6.45) is -4.77. The molecule has 1 N–H and O–H groups in total. The van der Waals surface area contributed by atoms with Gasteiger partial charge in [-0.1, -0.05) is 30.3 Å². The first-order chi connectivity index (χ1) is 15.5. The number of alkyl halides is 3. The van der Waals surface area contributed by atoms with Crippen LogP contribution in [-0.2, 0) is 27.7 Å². The minimum Gasteiger partial charge on any atom is -0.755 e. The Morgan fingerprint density at radius 2 is 2.03 bits per heavy atom. The molecule has 0 saturated heterocycles. The number of para-hydroxylation sites is 1. The van der Waals surface area contributed by atoms with Gasteiger partial charge in [0.15, 0.2) is 5.54 Å².